The number of piperidine rings is 1. The molecule has 0 aliphatic carbocycles. The molecule has 2 amide bonds. The van der Waals surface area contributed by atoms with E-state index in [0.717, 1.165) is 32.4 Å². The number of carbonyl (C=O) groups is 2. The lowest BCUT2D eigenvalue weighted by Crippen LogP contribution is -2.53. The van der Waals surface area contributed by atoms with E-state index in [0.29, 0.717) is 13.0 Å². The number of amides is 2. The van der Waals surface area contributed by atoms with Gasteiger partial charge in [-0.15, -0.1) is 0 Å². The van der Waals surface area contributed by atoms with Gasteiger partial charge in [-0.2, -0.15) is 0 Å². The third kappa shape index (κ3) is 3.02. The Morgan fingerprint density at radius 1 is 1.39 bits per heavy atom. The van der Waals surface area contributed by atoms with Gasteiger partial charge >= 0.3 is 0 Å². The zero-order valence-electron chi connectivity index (χ0n) is 11.3. The summed E-state index contributed by atoms with van der Waals surface area (Å²) in [5.41, 5.74) is 0. The van der Waals surface area contributed by atoms with E-state index in [-0.39, 0.29) is 23.9 Å². The number of likely N-dealkylation sites (N-methyl/N-ethyl adjacent to an activating group) is 1. The molecule has 2 atom stereocenters. The summed E-state index contributed by atoms with van der Waals surface area (Å²) in [7, 11) is 1.82. The summed E-state index contributed by atoms with van der Waals surface area (Å²) < 4.78 is 0. The van der Waals surface area contributed by atoms with Crippen molar-refractivity contribution in [2.24, 2.45) is 0 Å². The molecule has 2 saturated heterocycles. The SMILES string of the molecule is CC(NC1CCC(=O)N(C)C1)C(=O)N1CCCC1. The Balaban J connectivity index is 1.81. The third-order valence-electron chi connectivity index (χ3n) is 3.90. The number of carbonyl (C=O) groups excluding carboxylic acids is 2. The van der Waals surface area contributed by atoms with Gasteiger partial charge in [0.1, 0.15) is 0 Å². The van der Waals surface area contributed by atoms with E-state index >= 15 is 0 Å². The highest BCUT2D eigenvalue weighted by Crippen LogP contribution is 2.12. The van der Waals surface area contributed by atoms with Gasteiger partial charge in [-0.05, 0) is 26.2 Å². The zero-order chi connectivity index (χ0) is 13.1. The highest BCUT2D eigenvalue weighted by molar-refractivity contribution is 5.82. The highest BCUT2D eigenvalue weighted by Gasteiger charge is 2.28. The molecule has 2 unspecified atom stereocenters. The molecule has 5 nitrogen and oxygen atoms in total. The Hall–Kier alpha value is -1.10. The highest BCUT2D eigenvalue weighted by atomic mass is 16.2. The maximum Gasteiger partial charge on any atom is 0.239 e. The normalized spacial score (nSPS) is 26.6. The average Bonchev–Trinajstić information content (AvgIpc) is 2.86. The second-order valence-corrected chi connectivity index (χ2v) is 5.43. The van der Waals surface area contributed by atoms with E-state index < -0.39 is 0 Å². The summed E-state index contributed by atoms with van der Waals surface area (Å²) in [6.07, 6.45) is 3.66. The number of nitrogens with one attached hydrogen (secondary N) is 1. The molecule has 1 N–H and O–H groups in total. The number of nitrogens with zero attached hydrogens (tertiary/aromatic N) is 2. The smallest absolute Gasteiger partial charge is 0.239 e. The summed E-state index contributed by atoms with van der Waals surface area (Å²) in [5.74, 6) is 0.402. The lowest BCUT2D eigenvalue weighted by Gasteiger charge is -2.32. The van der Waals surface area contributed by atoms with E-state index in [9.17, 15) is 9.59 Å². The van der Waals surface area contributed by atoms with Crippen molar-refractivity contribution < 1.29 is 9.59 Å². The lowest BCUT2D eigenvalue weighted by molar-refractivity contribution is -0.133. The summed E-state index contributed by atoms with van der Waals surface area (Å²) in [5, 5.41) is 3.36. The van der Waals surface area contributed by atoms with E-state index in [1.165, 1.54) is 0 Å². The van der Waals surface area contributed by atoms with Crippen molar-refractivity contribution in [2.75, 3.05) is 26.7 Å². The van der Waals surface area contributed by atoms with E-state index in [1.54, 1.807) is 4.90 Å². The molecule has 18 heavy (non-hydrogen) atoms. The van der Waals surface area contributed by atoms with Gasteiger partial charge in [-0.1, -0.05) is 0 Å². The molecule has 5 heteroatoms. The molecule has 2 aliphatic rings. The molecule has 0 spiro atoms. The van der Waals surface area contributed by atoms with Crippen LogP contribution in [0.3, 0.4) is 0 Å². The minimum atomic E-state index is -0.144. The van der Waals surface area contributed by atoms with Crippen LogP contribution in [0.15, 0.2) is 0 Å². The number of hydrogen-bond acceptors (Lipinski definition) is 3. The van der Waals surface area contributed by atoms with Gasteiger partial charge in [0, 0.05) is 39.1 Å². The topological polar surface area (TPSA) is 52.7 Å². The first-order valence-corrected chi connectivity index (χ1v) is 6.86. The predicted octanol–water partition coefficient (Wildman–Crippen LogP) is 0.208. The Labute approximate surface area is 108 Å². The van der Waals surface area contributed by atoms with Gasteiger partial charge in [0.2, 0.25) is 11.8 Å². The quantitative estimate of drug-likeness (QED) is 0.782. The molecular weight excluding hydrogens is 230 g/mol. The molecule has 0 radical (unpaired) electrons. The summed E-state index contributed by atoms with van der Waals surface area (Å²) in [6, 6.07) is 0.101. The van der Waals surface area contributed by atoms with Crippen molar-refractivity contribution in [1.29, 1.82) is 0 Å². The molecule has 2 fully saturated rings. The standard InChI is InChI=1S/C13H23N3O2/c1-10(13(18)16-7-3-4-8-16)14-11-5-6-12(17)15(2)9-11/h10-11,14H,3-9H2,1-2H3. The van der Waals surface area contributed by atoms with Crippen molar-refractivity contribution in [3.05, 3.63) is 0 Å². The minimum Gasteiger partial charge on any atom is -0.344 e. The summed E-state index contributed by atoms with van der Waals surface area (Å²) in [6.45, 7) is 4.43. The lowest BCUT2D eigenvalue weighted by atomic mass is 10.0. The number of likely N-dealkylation sites (tertiary alicyclic amines) is 2. The predicted molar refractivity (Wildman–Crippen MR) is 69.1 cm³/mol. The Bertz CT molecular complexity index is 326. The zero-order valence-corrected chi connectivity index (χ0v) is 11.3. The van der Waals surface area contributed by atoms with Gasteiger partial charge in [0.15, 0.2) is 0 Å². The summed E-state index contributed by atoms with van der Waals surface area (Å²) in [4.78, 5) is 27.2. The maximum atomic E-state index is 12.1. The second-order valence-electron chi connectivity index (χ2n) is 5.43. The van der Waals surface area contributed by atoms with Crippen LogP contribution in [-0.2, 0) is 9.59 Å². The van der Waals surface area contributed by atoms with Gasteiger partial charge in [0.05, 0.1) is 6.04 Å². The molecule has 102 valence electrons. The van der Waals surface area contributed by atoms with Crippen molar-refractivity contribution in [3.8, 4) is 0 Å². The fourth-order valence-electron chi connectivity index (χ4n) is 2.78. The van der Waals surface area contributed by atoms with Crippen molar-refractivity contribution in [1.82, 2.24) is 15.1 Å². The van der Waals surface area contributed by atoms with Crippen molar-refractivity contribution >= 4 is 11.8 Å². The Morgan fingerprint density at radius 2 is 2.06 bits per heavy atom. The van der Waals surface area contributed by atoms with Crippen LogP contribution >= 0.6 is 0 Å². The van der Waals surface area contributed by atoms with Crippen LogP contribution in [0.25, 0.3) is 0 Å². The Kier molecular flexibility index (Phi) is 4.22. The third-order valence-corrected chi connectivity index (χ3v) is 3.90. The van der Waals surface area contributed by atoms with Gasteiger partial charge in [0.25, 0.3) is 0 Å². The molecule has 2 aliphatic heterocycles. The van der Waals surface area contributed by atoms with Crippen LogP contribution in [0.2, 0.25) is 0 Å². The first kappa shape index (κ1) is 13.3. The van der Waals surface area contributed by atoms with Crippen LogP contribution in [0.5, 0.6) is 0 Å². The van der Waals surface area contributed by atoms with Gasteiger partial charge in [-0.25, -0.2) is 0 Å². The van der Waals surface area contributed by atoms with Crippen LogP contribution in [-0.4, -0.2) is 60.4 Å². The first-order chi connectivity index (χ1) is 8.58. The minimum absolute atomic E-state index is 0.144. The molecule has 0 aromatic carbocycles. The van der Waals surface area contributed by atoms with Crippen LogP contribution < -0.4 is 5.32 Å². The molecule has 0 saturated carbocycles. The monoisotopic (exact) mass is 253 g/mol. The molecule has 0 aromatic heterocycles. The van der Waals surface area contributed by atoms with Gasteiger partial charge in [-0.3, -0.25) is 9.59 Å². The largest absolute Gasteiger partial charge is 0.344 e. The number of hydrogen-bond donors (Lipinski definition) is 1. The van der Waals surface area contributed by atoms with Gasteiger partial charge < -0.3 is 15.1 Å². The second kappa shape index (κ2) is 5.69. The molecule has 2 heterocycles. The van der Waals surface area contributed by atoms with Crippen molar-refractivity contribution in [3.63, 3.8) is 0 Å². The maximum absolute atomic E-state index is 12.1. The first-order valence-electron chi connectivity index (χ1n) is 6.86. The number of rotatable bonds is 3. The molecule has 2 rings (SSSR count). The molecule has 0 aromatic rings. The molecule has 0 bridgehead atoms. The average molecular weight is 253 g/mol. The van der Waals surface area contributed by atoms with E-state index in [4.69, 9.17) is 0 Å². The van der Waals surface area contributed by atoms with Crippen LogP contribution in [0.4, 0.5) is 0 Å². The van der Waals surface area contributed by atoms with E-state index in [2.05, 4.69) is 5.32 Å². The fourth-order valence-corrected chi connectivity index (χ4v) is 2.78. The Morgan fingerprint density at radius 3 is 2.67 bits per heavy atom. The fraction of sp³-hybridized carbons (Fsp3) is 0.846. The van der Waals surface area contributed by atoms with E-state index in [1.807, 2.05) is 18.9 Å². The van der Waals surface area contributed by atoms with Crippen LogP contribution in [0, 0.1) is 0 Å². The van der Waals surface area contributed by atoms with Crippen LogP contribution in [0.1, 0.15) is 32.6 Å². The molecular formula is C13H23N3O2. The van der Waals surface area contributed by atoms with Crippen molar-refractivity contribution in [2.45, 2.75) is 44.7 Å². The summed E-state index contributed by atoms with van der Waals surface area (Å²) >= 11 is 0.